The minimum absolute atomic E-state index is 0.00338. The Hall–Kier alpha value is -3.41. The van der Waals surface area contributed by atoms with Crippen molar-refractivity contribution < 1.29 is 26.6 Å². The van der Waals surface area contributed by atoms with Gasteiger partial charge in [0.1, 0.15) is 11.6 Å². The molecule has 36 heavy (non-hydrogen) atoms. The van der Waals surface area contributed by atoms with Gasteiger partial charge in [0.15, 0.2) is 0 Å². The maximum atomic E-state index is 14.2. The number of carbonyl (C=O) groups excluding carboxylic acids is 2. The largest absolute Gasteiger partial charge is 0.304 e. The van der Waals surface area contributed by atoms with Crippen LogP contribution in [0.4, 0.5) is 15.8 Å². The summed E-state index contributed by atoms with van der Waals surface area (Å²) in [5, 5.41) is 5.37. The van der Waals surface area contributed by atoms with Crippen molar-refractivity contribution in [2.75, 3.05) is 15.6 Å². The number of hydrogen-bond acceptors (Lipinski definition) is 5. The maximum absolute atomic E-state index is 14.2. The third-order valence-corrected chi connectivity index (χ3v) is 9.15. The molecule has 0 aromatic heterocycles. The molecule has 8 nitrogen and oxygen atoms in total. The molecule has 2 amide bonds. The number of halogens is 1. The predicted molar refractivity (Wildman–Crippen MR) is 133 cm³/mol. The van der Waals surface area contributed by atoms with Gasteiger partial charge >= 0.3 is 0 Å². The molecule has 1 saturated heterocycles. The normalized spacial score (nSPS) is 21.5. The molecule has 2 aliphatic heterocycles. The highest BCUT2D eigenvalue weighted by molar-refractivity contribution is 7.89. The molecule has 186 valence electrons. The second-order valence-electron chi connectivity index (χ2n) is 8.62. The molecule has 2 aliphatic rings. The Bertz CT molecular complexity index is 1520. The van der Waals surface area contributed by atoms with E-state index in [1.165, 1.54) is 52.3 Å². The summed E-state index contributed by atoms with van der Waals surface area (Å²) in [5.74, 6) is -2.02. The van der Waals surface area contributed by atoms with Crippen LogP contribution in [-0.4, -0.2) is 30.2 Å². The fourth-order valence-electron chi connectivity index (χ4n) is 4.74. The quantitative estimate of drug-likeness (QED) is 0.547. The van der Waals surface area contributed by atoms with Crippen LogP contribution in [0.1, 0.15) is 23.6 Å². The fraction of sp³-hybridized carbons (Fsp3) is 0.200. The lowest BCUT2D eigenvalue weighted by molar-refractivity contribution is -0.123. The Labute approximate surface area is 210 Å². The van der Waals surface area contributed by atoms with E-state index in [1.807, 2.05) is 19.1 Å². The van der Waals surface area contributed by atoms with Gasteiger partial charge in [0.25, 0.3) is 5.91 Å². The molecule has 3 aromatic rings. The lowest BCUT2D eigenvalue weighted by Gasteiger charge is -2.33. The van der Waals surface area contributed by atoms with Gasteiger partial charge in [0.05, 0.1) is 27.9 Å². The van der Waals surface area contributed by atoms with Crippen LogP contribution in [-0.2, 0) is 48.2 Å². The monoisotopic (exact) mass is 527 g/mol. The molecule has 11 heteroatoms. The van der Waals surface area contributed by atoms with Crippen LogP contribution in [0, 0.1) is 5.82 Å². The van der Waals surface area contributed by atoms with Crippen molar-refractivity contribution in [3.8, 4) is 0 Å². The lowest BCUT2D eigenvalue weighted by atomic mass is 10.0. The smallest absolute Gasteiger partial charge is 0.271 e. The van der Waals surface area contributed by atoms with Gasteiger partial charge in [-0.2, -0.15) is 0 Å². The molecular weight excluding hydrogens is 505 g/mol. The van der Waals surface area contributed by atoms with Gasteiger partial charge in [-0.1, -0.05) is 31.2 Å². The fourth-order valence-corrected chi connectivity index (χ4v) is 6.96. The molecule has 1 fully saturated rings. The van der Waals surface area contributed by atoms with Gasteiger partial charge < -0.3 is 4.90 Å². The van der Waals surface area contributed by atoms with E-state index in [1.54, 1.807) is 12.1 Å². The van der Waals surface area contributed by atoms with Crippen molar-refractivity contribution >= 4 is 44.0 Å². The maximum Gasteiger partial charge on any atom is 0.271 e. The van der Waals surface area contributed by atoms with Crippen molar-refractivity contribution in [2.45, 2.75) is 29.7 Å². The summed E-state index contributed by atoms with van der Waals surface area (Å²) in [6, 6.07) is 16.4. The zero-order valence-electron chi connectivity index (χ0n) is 19.2. The van der Waals surface area contributed by atoms with Crippen LogP contribution >= 0.6 is 0 Å². The van der Waals surface area contributed by atoms with E-state index < -0.39 is 49.1 Å². The van der Waals surface area contributed by atoms with E-state index in [9.17, 15) is 26.6 Å². The molecule has 2 atom stereocenters. The van der Waals surface area contributed by atoms with Gasteiger partial charge in [-0.3, -0.25) is 18.7 Å². The number of sulfonamides is 1. The number of primary sulfonamides is 1. The van der Waals surface area contributed by atoms with Gasteiger partial charge in [0, 0.05) is 11.3 Å². The second kappa shape index (κ2) is 8.61. The first-order chi connectivity index (χ1) is 17.1. The minimum atomic E-state index is -4.17. The van der Waals surface area contributed by atoms with Crippen LogP contribution < -0.4 is 14.9 Å². The SMILES string of the molecule is CCc1ccc(N2C(=O)CS(=O)C23C(=O)N(Cc2ccc(F)cc2)c2ccc(S(N)(=O)=O)cc23)cc1. The number of hydrogen-bond donors (Lipinski definition) is 1. The van der Waals surface area contributed by atoms with Crippen LogP contribution in [0.15, 0.2) is 71.6 Å². The van der Waals surface area contributed by atoms with Crippen molar-refractivity contribution in [1.82, 2.24) is 0 Å². The summed E-state index contributed by atoms with van der Waals surface area (Å²) in [4.78, 5) is 27.7. The zero-order valence-corrected chi connectivity index (χ0v) is 20.8. The highest BCUT2D eigenvalue weighted by Crippen LogP contribution is 2.51. The standard InChI is InChI=1S/C25H22FN3O5S2/c1-2-16-5-9-19(10-6-16)29-23(30)15-35(32)25(29)21-13-20(36(27,33)34)11-12-22(21)28(24(25)31)14-17-3-7-18(26)8-4-17/h3-13H,2,14-15H2,1H3,(H2,27,33,34). The first-order valence-electron chi connectivity index (χ1n) is 11.1. The Morgan fingerprint density at radius 3 is 2.25 bits per heavy atom. The van der Waals surface area contributed by atoms with Crippen LogP contribution in [0.3, 0.4) is 0 Å². The van der Waals surface area contributed by atoms with E-state index >= 15 is 0 Å². The van der Waals surface area contributed by atoms with E-state index in [0.717, 1.165) is 12.0 Å². The number of nitrogens with two attached hydrogens (primary N) is 1. The van der Waals surface area contributed by atoms with Crippen molar-refractivity contribution in [3.05, 3.63) is 89.2 Å². The summed E-state index contributed by atoms with van der Waals surface area (Å²) in [6.45, 7) is 1.97. The lowest BCUT2D eigenvalue weighted by Crippen LogP contribution is -2.52. The summed E-state index contributed by atoms with van der Waals surface area (Å²) >= 11 is 0. The third kappa shape index (κ3) is 3.66. The van der Waals surface area contributed by atoms with Crippen LogP contribution in [0.5, 0.6) is 0 Å². The molecule has 0 radical (unpaired) electrons. The highest BCUT2D eigenvalue weighted by Gasteiger charge is 2.65. The predicted octanol–water partition coefficient (Wildman–Crippen LogP) is 2.53. The van der Waals surface area contributed by atoms with Gasteiger partial charge in [-0.05, 0) is 60.0 Å². The second-order valence-corrected chi connectivity index (χ2v) is 11.8. The number of fused-ring (bicyclic) bond motifs is 2. The number of nitrogens with zero attached hydrogens (tertiary/aromatic N) is 2. The first kappa shape index (κ1) is 24.3. The zero-order chi connectivity index (χ0) is 25.8. The average Bonchev–Trinajstić information content (AvgIpc) is 3.25. The number of anilines is 2. The molecule has 3 aromatic carbocycles. The Balaban J connectivity index is 1.74. The Kier molecular flexibility index (Phi) is 5.81. The number of benzene rings is 3. The minimum Gasteiger partial charge on any atom is -0.304 e. The van der Waals surface area contributed by atoms with Gasteiger partial charge in [-0.25, -0.2) is 17.9 Å². The van der Waals surface area contributed by atoms with Crippen LogP contribution in [0.25, 0.3) is 0 Å². The molecule has 2 unspecified atom stereocenters. The Morgan fingerprint density at radius 2 is 1.64 bits per heavy atom. The molecule has 0 bridgehead atoms. The summed E-state index contributed by atoms with van der Waals surface area (Å²) < 4.78 is 51.5. The molecule has 5 rings (SSSR count). The van der Waals surface area contributed by atoms with Gasteiger partial charge in [0.2, 0.25) is 20.8 Å². The van der Waals surface area contributed by atoms with Crippen molar-refractivity contribution in [2.24, 2.45) is 5.14 Å². The van der Waals surface area contributed by atoms with E-state index in [-0.39, 0.29) is 17.0 Å². The summed E-state index contributed by atoms with van der Waals surface area (Å²) in [6.07, 6.45) is 0.760. The number of amides is 2. The molecular formula is C25H22FN3O5S2. The van der Waals surface area contributed by atoms with Gasteiger partial charge in [-0.15, -0.1) is 0 Å². The molecule has 1 spiro atoms. The first-order valence-corrected chi connectivity index (χ1v) is 14.0. The van der Waals surface area contributed by atoms with E-state index in [2.05, 4.69) is 0 Å². The summed E-state index contributed by atoms with van der Waals surface area (Å²) in [7, 11) is -6.21. The third-order valence-electron chi connectivity index (χ3n) is 6.49. The molecule has 2 N–H and O–H groups in total. The number of carbonyl (C=O) groups is 2. The van der Waals surface area contributed by atoms with Crippen molar-refractivity contribution in [1.29, 1.82) is 0 Å². The van der Waals surface area contributed by atoms with Crippen LogP contribution in [0.2, 0.25) is 0 Å². The average molecular weight is 528 g/mol. The van der Waals surface area contributed by atoms with E-state index in [0.29, 0.717) is 16.9 Å². The number of rotatable bonds is 5. The molecule has 0 saturated carbocycles. The topological polar surface area (TPSA) is 118 Å². The highest BCUT2D eigenvalue weighted by atomic mass is 32.2. The van der Waals surface area contributed by atoms with Crippen molar-refractivity contribution in [3.63, 3.8) is 0 Å². The molecule has 0 aliphatic carbocycles. The Morgan fingerprint density at radius 1 is 1.00 bits per heavy atom. The summed E-state index contributed by atoms with van der Waals surface area (Å²) in [5.41, 5.74) is 2.39. The number of aryl methyl sites for hydroxylation is 1. The van der Waals surface area contributed by atoms with E-state index in [4.69, 9.17) is 5.14 Å². The molecule has 2 heterocycles.